The van der Waals surface area contributed by atoms with E-state index in [4.69, 9.17) is 23.2 Å². The van der Waals surface area contributed by atoms with Crippen LogP contribution in [0.2, 0.25) is 10.0 Å². The van der Waals surface area contributed by atoms with E-state index < -0.39 is 5.41 Å². The number of hydrogen-bond donors (Lipinski definition) is 2. The second-order valence-electron chi connectivity index (χ2n) is 5.97. The molecule has 1 aliphatic carbocycles. The summed E-state index contributed by atoms with van der Waals surface area (Å²) >= 11 is 11.8. The van der Waals surface area contributed by atoms with Crippen LogP contribution >= 0.6 is 23.2 Å². The van der Waals surface area contributed by atoms with Crippen LogP contribution in [0.4, 0.5) is 10.1 Å². The molecule has 2 aromatic carbocycles. The number of halogens is 3. The number of carbonyl (C=O) groups excluding carboxylic acids is 2. The van der Waals surface area contributed by atoms with Crippen LogP contribution < -0.4 is 10.6 Å². The largest absolute Gasteiger partial charge is 0.351 e. The molecule has 0 aliphatic heterocycles. The lowest BCUT2D eigenvalue weighted by Crippen LogP contribution is -2.39. The van der Waals surface area contributed by atoms with Crippen LogP contribution in [0.15, 0.2) is 42.5 Å². The van der Waals surface area contributed by atoms with Crippen molar-refractivity contribution in [3.8, 4) is 0 Å². The Morgan fingerprint density at radius 3 is 2.28 bits per heavy atom. The predicted octanol–water partition coefficient (Wildman–Crippen LogP) is 4.17. The van der Waals surface area contributed by atoms with E-state index >= 15 is 0 Å². The topological polar surface area (TPSA) is 58.2 Å². The summed E-state index contributed by atoms with van der Waals surface area (Å²) in [6.45, 7) is 0.237. The van der Waals surface area contributed by atoms with E-state index in [0.29, 0.717) is 28.6 Å². The Morgan fingerprint density at radius 1 is 1.00 bits per heavy atom. The van der Waals surface area contributed by atoms with Crippen molar-refractivity contribution >= 4 is 40.7 Å². The molecule has 0 bridgehead atoms. The molecule has 2 N–H and O–H groups in total. The standard InChI is InChI=1S/C18H15Cl2FN2O2/c19-14-6-5-13(9-15(14)20)23-17(25)18(7-8-18)16(24)22-10-11-1-3-12(21)4-2-11/h1-6,9H,7-8,10H2,(H,22,24)(H,23,25). The average Bonchev–Trinajstić information content (AvgIpc) is 3.39. The average molecular weight is 381 g/mol. The van der Waals surface area contributed by atoms with Crippen LogP contribution in [0.5, 0.6) is 0 Å². The molecule has 0 saturated heterocycles. The molecular formula is C18H15Cl2FN2O2. The van der Waals surface area contributed by atoms with Crippen molar-refractivity contribution in [2.45, 2.75) is 19.4 Å². The number of benzene rings is 2. The summed E-state index contributed by atoms with van der Waals surface area (Å²) in [4.78, 5) is 24.9. The Hall–Kier alpha value is -2.11. The van der Waals surface area contributed by atoms with E-state index in [9.17, 15) is 14.0 Å². The fourth-order valence-electron chi connectivity index (χ4n) is 2.46. The highest BCUT2D eigenvalue weighted by Crippen LogP contribution is 2.47. The van der Waals surface area contributed by atoms with E-state index in [2.05, 4.69) is 10.6 Å². The van der Waals surface area contributed by atoms with Crippen molar-refractivity contribution in [3.63, 3.8) is 0 Å². The van der Waals surface area contributed by atoms with Crippen LogP contribution in [0.1, 0.15) is 18.4 Å². The minimum absolute atomic E-state index is 0.237. The highest BCUT2D eigenvalue weighted by molar-refractivity contribution is 6.42. The van der Waals surface area contributed by atoms with Crippen molar-refractivity contribution < 1.29 is 14.0 Å². The summed E-state index contributed by atoms with van der Waals surface area (Å²) in [7, 11) is 0. The van der Waals surface area contributed by atoms with Crippen LogP contribution in [0.3, 0.4) is 0 Å². The van der Waals surface area contributed by atoms with Gasteiger partial charge in [0.25, 0.3) is 0 Å². The number of anilines is 1. The molecule has 1 fully saturated rings. The van der Waals surface area contributed by atoms with Gasteiger partial charge in [-0.05, 0) is 48.7 Å². The lowest BCUT2D eigenvalue weighted by molar-refractivity contribution is -0.134. The molecule has 0 aromatic heterocycles. The highest BCUT2D eigenvalue weighted by atomic mass is 35.5. The van der Waals surface area contributed by atoms with Crippen molar-refractivity contribution in [1.82, 2.24) is 5.32 Å². The molecule has 3 rings (SSSR count). The molecule has 25 heavy (non-hydrogen) atoms. The van der Waals surface area contributed by atoms with Crippen molar-refractivity contribution in [1.29, 1.82) is 0 Å². The molecule has 4 nitrogen and oxygen atoms in total. The zero-order chi connectivity index (χ0) is 18.0. The summed E-state index contributed by atoms with van der Waals surface area (Å²) in [5.41, 5.74) is 0.180. The predicted molar refractivity (Wildman–Crippen MR) is 95.0 cm³/mol. The minimum Gasteiger partial charge on any atom is -0.351 e. The van der Waals surface area contributed by atoms with Gasteiger partial charge in [-0.25, -0.2) is 4.39 Å². The van der Waals surface area contributed by atoms with Crippen molar-refractivity contribution in [2.24, 2.45) is 5.41 Å². The third-order valence-electron chi connectivity index (χ3n) is 4.16. The molecule has 0 spiro atoms. The van der Waals surface area contributed by atoms with Gasteiger partial charge in [0.1, 0.15) is 11.2 Å². The number of rotatable bonds is 5. The third kappa shape index (κ3) is 3.94. The number of hydrogen-bond acceptors (Lipinski definition) is 2. The molecule has 130 valence electrons. The van der Waals surface area contributed by atoms with E-state index in [-0.39, 0.29) is 24.2 Å². The van der Waals surface area contributed by atoms with Gasteiger partial charge in [-0.3, -0.25) is 9.59 Å². The smallest absolute Gasteiger partial charge is 0.240 e. The summed E-state index contributed by atoms with van der Waals surface area (Å²) in [5.74, 6) is -1.05. The molecular weight excluding hydrogens is 366 g/mol. The molecule has 0 heterocycles. The van der Waals surface area contributed by atoms with Gasteiger partial charge in [0, 0.05) is 12.2 Å². The highest BCUT2D eigenvalue weighted by Gasteiger charge is 2.56. The zero-order valence-electron chi connectivity index (χ0n) is 13.1. The van der Waals surface area contributed by atoms with Crippen LogP contribution in [-0.4, -0.2) is 11.8 Å². The quantitative estimate of drug-likeness (QED) is 0.764. The first-order valence-corrected chi connectivity index (χ1v) is 8.45. The first-order chi connectivity index (χ1) is 11.9. The fourth-order valence-corrected chi connectivity index (χ4v) is 2.76. The molecule has 1 saturated carbocycles. The Kier molecular flexibility index (Phi) is 4.97. The van der Waals surface area contributed by atoms with Gasteiger partial charge in [0.05, 0.1) is 10.0 Å². The Morgan fingerprint density at radius 2 is 1.68 bits per heavy atom. The normalized spacial score (nSPS) is 14.7. The zero-order valence-corrected chi connectivity index (χ0v) is 14.6. The van der Waals surface area contributed by atoms with Gasteiger partial charge < -0.3 is 10.6 Å². The summed E-state index contributed by atoms with van der Waals surface area (Å²) in [6, 6.07) is 10.6. The first kappa shape index (κ1) is 17.7. The first-order valence-electron chi connectivity index (χ1n) is 7.70. The number of nitrogens with one attached hydrogen (secondary N) is 2. The van der Waals surface area contributed by atoms with Gasteiger partial charge in [-0.2, -0.15) is 0 Å². The van der Waals surface area contributed by atoms with E-state index in [1.165, 1.54) is 18.2 Å². The Labute approximate surface area is 154 Å². The van der Waals surface area contributed by atoms with Gasteiger partial charge in [0.2, 0.25) is 11.8 Å². The molecule has 2 amide bonds. The molecule has 1 aliphatic rings. The maximum atomic E-state index is 12.9. The number of carbonyl (C=O) groups is 2. The van der Waals surface area contributed by atoms with Gasteiger partial charge in [-0.1, -0.05) is 35.3 Å². The summed E-state index contributed by atoms with van der Waals surface area (Å²) < 4.78 is 12.9. The third-order valence-corrected chi connectivity index (χ3v) is 4.90. The molecule has 0 unspecified atom stereocenters. The van der Waals surface area contributed by atoms with Crippen molar-refractivity contribution in [2.75, 3.05) is 5.32 Å². The molecule has 2 aromatic rings. The maximum Gasteiger partial charge on any atom is 0.240 e. The second-order valence-corrected chi connectivity index (χ2v) is 6.79. The lowest BCUT2D eigenvalue weighted by Gasteiger charge is -2.16. The SMILES string of the molecule is O=C(NCc1ccc(F)cc1)C1(C(=O)Nc2ccc(Cl)c(Cl)c2)CC1. The summed E-state index contributed by atoms with van der Waals surface area (Å²) in [5, 5.41) is 6.16. The lowest BCUT2D eigenvalue weighted by atomic mass is 10.0. The minimum atomic E-state index is -1.06. The van der Waals surface area contributed by atoms with Crippen LogP contribution in [0.25, 0.3) is 0 Å². The molecule has 0 atom stereocenters. The fraction of sp³-hybridized carbons (Fsp3) is 0.222. The van der Waals surface area contributed by atoms with Gasteiger partial charge in [0.15, 0.2) is 0 Å². The van der Waals surface area contributed by atoms with Crippen LogP contribution in [-0.2, 0) is 16.1 Å². The van der Waals surface area contributed by atoms with Crippen LogP contribution in [0, 0.1) is 11.2 Å². The number of amides is 2. The monoisotopic (exact) mass is 380 g/mol. The Balaban J connectivity index is 1.62. The second kappa shape index (κ2) is 7.02. The van der Waals surface area contributed by atoms with E-state index in [0.717, 1.165) is 5.56 Å². The Bertz CT molecular complexity index is 820. The van der Waals surface area contributed by atoms with Gasteiger partial charge in [-0.15, -0.1) is 0 Å². The molecule has 0 radical (unpaired) electrons. The van der Waals surface area contributed by atoms with Gasteiger partial charge >= 0.3 is 0 Å². The maximum absolute atomic E-state index is 12.9. The van der Waals surface area contributed by atoms with E-state index in [1.54, 1.807) is 24.3 Å². The van der Waals surface area contributed by atoms with E-state index in [1.807, 2.05) is 0 Å². The molecule has 7 heteroatoms. The summed E-state index contributed by atoms with van der Waals surface area (Å²) in [6.07, 6.45) is 0.963. The van der Waals surface area contributed by atoms with Crippen molar-refractivity contribution in [3.05, 3.63) is 63.9 Å².